The zero-order valence-corrected chi connectivity index (χ0v) is 21.0. The maximum absolute atomic E-state index is 12.2. The summed E-state index contributed by atoms with van der Waals surface area (Å²) in [6.07, 6.45) is 4.94. The van der Waals surface area contributed by atoms with E-state index >= 15 is 0 Å². The molecule has 2 aromatic rings. The van der Waals surface area contributed by atoms with Crippen LogP contribution in [0.25, 0.3) is 10.9 Å². The fourth-order valence-electron chi connectivity index (χ4n) is 3.98. The van der Waals surface area contributed by atoms with Crippen LogP contribution in [0.3, 0.4) is 0 Å². The molecule has 166 valence electrons. The number of nitrogens with one attached hydrogen (secondary N) is 3. The number of fused-ring (bicyclic) bond motifs is 1. The lowest BCUT2D eigenvalue weighted by molar-refractivity contribution is -0.135. The Labute approximate surface area is 197 Å². The van der Waals surface area contributed by atoms with Crippen LogP contribution in [0.4, 0.5) is 0 Å². The number of H-pyrrole nitrogens is 1. The minimum atomic E-state index is 0. The number of aromatic amines is 1. The van der Waals surface area contributed by atoms with Crippen LogP contribution in [0.2, 0.25) is 0 Å². The van der Waals surface area contributed by atoms with Crippen molar-refractivity contribution < 1.29 is 4.79 Å². The van der Waals surface area contributed by atoms with Gasteiger partial charge in [-0.15, -0.1) is 24.0 Å². The fraction of sp³-hybridized carbons (Fsp3) is 0.565. The summed E-state index contributed by atoms with van der Waals surface area (Å²) in [6.45, 7) is 11.4. The van der Waals surface area contributed by atoms with E-state index in [1.54, 1.807) is 0 Å². The van der Waals surface area contributed by atoms with Gasteiger partial charge in [0.25, 0.3) is 0 Å². The van der Waals surface area contributed by atoms with Crippen molar-refractivity contribution in [2.75, 3.05) is 26.2 Å². The second-order valence-corrected chi connectivity index (χ2v) is 8.22. The highest BCUT2D eigenvalue weighted by Gasteiger charge is 2.24. The number of aromatic nitrogens is 1. The standard InChI is InChI=1S/C23H35N5O.HI/c1-5-24-23(27-19-10-13-28(14-11-19)22(29)16(2)3)25-12-9-18-15-26-21-17(4)7-6-8-20(18)21;/h6-8,15-16,19,26H,5,9-14H2,1-4H3,(H2,24,25,27);1H. The number of benzene rings is 1. The van der Waals surface area contributed by atoms with Gasteiger partial charge in [-0.1, -0.05) is 32.0 Å². The molecule has 30 heavy (non-hydrogen) atoms. The van der Waals surface area contributed by atoms with E-state index in [0.29, 0.717) is 6.04 Å². The number of halogens is 1. The molecule has 7 heteroatoms. The number of nitrogens with zero attached hydrogens (tertiary/aromatic N) is 2. The van der Waals surface area contributed by atoms with Gasteiger partial charge in [-0.05, 0) is 44.2 Å². The largest absolute Gasteiger partial charge is 0.361 e. The normalized spacial score (nSPS) is 15.4. The zero-order valence-electron chi connectivity index (χ0n) is 18.6. The summed E-state index contributed by atoms with van der Waals surface area (Å²) in [4.78, 5) is 22.3. The molecule has 0 aliphatic carbocycles. The molecule has 1 amide bonds. The molecule has 1 aromatic heterocycles. The summed E-state index contributed by atoms with van der Waals surface area (Å²) >= 11 is 0. The minimum absolute atomic E-state index is 0. The monoisotopic (exact) mass is 525 g/mol. The number of carbonyl (C=O) groups excluding carboxylic acids is 1. The average Bonchev–Trinajstić information content (AvgIpc) is 3.12. The number of amides is 1. The van der Waals surface area contributed by atoms with Crippen LogP contribution in [0, 0.1) is 12.8 Å². The Morgan fingerprint density at radius 1 is 1.30 bits per heavy atom. The van der Waals surface area contributed by atoms with E-state index in [9.17, 15) is 4.79 Å². The molecule has 0 unspecified atom stereocenters. The van der Waals surface area contributed by atoms with Crippen LogP contribution >= 0.6 is 24.0 Å². The smallest absolute Gasteiger partial charge is 0.225 e. The van der Waals surface area contributed by atoms with Crippen LogP contribution in [0.15, 0.2) is 29.4 Å². The Hall–Kier alpha value is -1.77. The first kappa shape index (κ1) is 24.5. The highest BCUT2D eigenvalue weighted by Crippen LogP contribution is 2.21. The summed E-state index contributed by atoms with van der Waals surface area (Å²) in [5, 5.41) is 8.22. The third-order valence-corrected chi connectivity index (χ3v) is 5.65. The van der Waals surface area contributed by atoms with E-state index in [2.05, 4.69) is 53.9 Å². The van der Waals surface area contributed by atoms with Crippen molar-refractivity contribution in [3.63, 3.8) is 0 Å². The van der Waals surface area contributed by atoms with Crippen molar-refractivity contribution in [1.82, 2.24) is 20.5 Å². The maximum Gasteiger partial charge on any atom is 0.225 e. The zero-order chi connectivity index (χ0) is 20.8. The number of aliphatic imine (C=N–C) groups is 1. The molecule has 0 radical (unpaired) electrons. The van der Waals surface area contributed by atoms with Gasteiger partial charge in [0.1, 0.15) is 0 Å². The fourth-order valence-corrected chi connectivity index (χ4v) is 3.98. The summed E-state index contributed by atoms with van der Waals surface area (Å²) in [7, 11) is 0. The first-order chi connectivity index (χ1) is 14.0. The van der Waals surface area contributed by atoms with E-state index in [1.807, 2.05) is 18.7 Å². The summed E-state index contributed by atoms with van der Waals surface area (Å²) in [5.74, 6) is 1.21. The number of aryl methyl sites for hydroxylation is 1. The van der Waals surface area contributed by atoms with Gasteiger partial charge in [-0.2, -0.15) is 0 Å². The lowest BCUT2D eigenvalue weighted by atomic mass is 10.0. The third-order valence-electron chi connectivity index (χ3n) is 5.65. The Morgan fingerprint density at radius 3 is 2.70 bits per heavy atom. The quantitative estimate of drug-likeness (QED) is 0.305. The predicted octanol–water partition coefficient (Wildman–Crippen LogP) is 3.84. The number of para-hydroxylation sites is 1. The van der Waals surface area contributed by atoms with Gasteiger partial charge in [-0.3, -0.25) is 9.79 Å². The van der Waals surface area contributed by atoms with Gasteiger partial charge >= 0.3 is 0 Å². The van der Waals surface area contributed by atoms with E-state index in [0.717, 1.165) is 51.4 Å². The second-order valence-electron chi connectivity index (χ2n) is 8.22. The molecule has 3 N–H and O–H groups in total. The van der Waals surface area contributed by atoms with Crippen molar-refractivity contribution in [1.29, 1.82) is 0 Å². The predicted molar refractivity (Wildman–Crippen MR) is 136 cm³/mol. The lowest BCUT2D eigenvalue weighted by Crippen LogP contribution is -2.50. The SMILES string of the molecule is CCNC(=NCCc1c[nH]c2c(C)cccc12)NC1CCN(C(=O)C(C)C)CC1.I. The minimum Gasteiger partial charge on any atom is -0.361 e. The number of hydrogen-bond acceptors (Lipinski definition) is 2. The first-order valence-corrected chi connectivity index (χ1v) is 10.9. The molecule has 0 atom stereocenters. The van der Waals surface area contributed by atoms with Crippen LogP contribution in [-0.4, -0.2) is 54.0 Å². The maximum atomic E-state index is 12.2. The Morgan fingerprint density at radius 2 is 2.03 bits per heavy atom. The highest BCUT2D eigenvalue weighted by molar-refractivity contribution is 14.0. The number of rotatable bonds is 6. The molecule has 1 aromatic carbocycles. The summed E-state index contributed by atoms with van der Waals surface area (Å²) in [5.41, 5.74) is 3.80. The Balaban J connectivity index is 0.00000320. The molecule has 1 saturated heterocycles. The molecule has 0 bridgehead atoms. The molecular formula is C23H36IN5O. The number of guanidine groups is 1. The first-order valence-electron chi connectivity index (χ1n) is 10.9. The molecule has 6 nitrogen and oxygen atoms in total. The van der Waals surface area contributed by atoms with Crippen molar-refractivity contribution in [2.45, 2.75) is 53.0 Å². The van der Waals surface area contributed by atoms with Gasteiger partial charge in [0.05, 0.1) is 0 Å². The van der Waals surface area contributed by atoms with Gasteiger partial charge in [0.15, 0.2) is 5.96 Å². The van der Waals surface area contributed by atoms with Crippen LogP contribution < -0.4 is 10.6 Å². The topological polar surface area (TPSA) is 72.5 Å². The van der Waals surface area contributed by atoms with Crippen molar-refractivity contribution in [3.05, 3.63) is 35.5 Å². The Bertz CT molecular complexity index is 852. The van der Waals surface area contributed by atoms with E-state index in [4.69, 9.17) is 4.99 Å². The molecular weight excluding hydrogens is 489 g/mol. The van der Waals surface area contributed by atoms with Gasteiger partial charge < -0.3 is 20.5 Å². The van der Waals surface area contributed by atoms with Gasteiger partial charge in [0.2, 0.25) is 5.91 Å². The van der Waals surface area contributed by atoms with Gasteiger partial charge in [0, 0.05) is 55.2 Å². The van der Waals surface area contributed by atoms with Gasteiger partial charge in [-0.25, -0.2) is 0 Å². The molecule has 0 spiro atoms. The molecule has 1 fully saturated rings. The molecule has 1 aliphatic heterocycles. The molecule has 0 saturated carbocycles. The highest BCUT2D eigenvalue weighted by atomic mass is 127. The molecule has 3 rings (SSSR count). The lowest BCUT2D eigenvalue weighted by Gasteiger charge is -2.34. The van der Waals surface area contributed by atoms with E-state index in [1.165, 1.54) is 22.0 Å². The molecule has 2 heterocycles. The molecule has 1 aliphatic rings. The Kier molecular flexibility index (Phi) is 9.45. The average molecular weight is 525 g/mol. The number of hydrogen-bond donors (Lipinski definition) is 3. The second kappa shape index (κ2) is 11.6. The van der Waals surface area contributed by atoms with Crippen LogP contribution in [0.5, 0.6) is 0 Å². The third kappa shape index (κ3) is 6.12. The van der Waals surface area contributed by atoms with Crippen molar-refractivity contribution >= 4 is 46.7 Å². The number of likely N-dealkylation sites (tertiary alicyclic amines) is 1. The van der Waals surface area contributed by atoms with Crippen molar-refractivity contribution in [2.24, 2.45) is 10.9 Å². The van der Waals surface area contributed by atoms with Crippen LogP contribution in [0.1, 0.15) is 44.7 Å². The van der Waals surface area contributed by atoms with Crippen molar-refractivity contribution in [3.8, 4) is 0 Å². The van der Waals surface area contributed by atoms with Crippen LogP contribution in [-0.2, 0) is 11.2 Å². The number of carbonyl (C=O) groups is 1. The summed E-state index contributed by atoms with van der Waals surface area (Å²) < 4.78 is 0. The summed E-state index contributed by atoms with van der Waals surface area (Å²) in [6, 6.07) is 6.78. The van der Waals surface area contributed by atoms with E-state index < -0.39 is 0 Å². The number of piperidine rings is 1. The van der Waals surface area contributed by atoms with E-state index in [-0.39, 0.29) is 35.8 Å².